The van der Waals surface area contributed by atoms with E-state index in [1.807, 2.05) is 50.0 Å². The highest BCUT2D eigenvalue weighted by atomic mass is 28.3. The van der Waals surface area contributed by atoms with Gasteiger partial charge in [-0.2, -0.15) is 13.2 Å². The van der Waals surface area contributed by atoms with Gasteiger partial charge in [0.2, 0.25) is 5.91 Å². The molecule has 3 rings (SSSR count). The predicted molar refractivity (Wildman–Crippen MR) is 200 cm³/mol. The standard InChI is InChI=1S/C38H50F5N5O7Si/c1-37(2,3)31(29-20-25(27-21-26(39)12-13-28(27)40)23-47(29)22-24-10-8-7-9-11-24)32(49)34(51)45-16-14-30(33(50)46-17-15-44)54-36(53)48(18-19-56(4,5)6)55-35(52)38(41,42)43/h7-13,20-21,23,30-32,49H,14-19,22,44H2,1-6H3,(H,45,51)(H,46,50)/t30-,31+,32-/m0/s1. The lowest BCUT2D eigenvalue weighted by Gasteiger charge is -2.35. The van der Waals surface area contributed by atoms with Crippen LogP contribution in [0.15, 0.2) is 60.8 Å². The highest BCUT2D eigenvalue weighted by Crippen LogP contribution is 2.41. The molecule has 1 aromatic heterocycles. The smallest absolute Gasteiger partial charge is 0.434 e. The van der Waals surface area contributed by atoms with Crippen LogP contribution < -0.4 is 16.4 Å². The summed E-state index contributed by atoms with van der Waals surface area (Å²) in [7, 11) is -2.00. The molecule has 3 atom stereocenters. The molecule has 56 heavy (non-hydrogen) atoms. The van der Waals surface area contributed by atoms with E-state index in [1.54, 1.807) is 37.6 Å². The number of ether oxygens (including phenoxy) is 1. The van der Waals surface area contributed by atoms with Crippen molar-refractivity contribution in [1.82, 2.24) is 20.3 Å². The number of aliphatic hydroxyl groups excluding tert-OH is 1. The molecule has 0 radical (unpaired) electrons. The van der Waals surface area contributed by atoms with Gasteiger partial charge in [-0.05, 0) is 41.3 Å². The molecule has 0 unspecified atom stereocenters. The Hall–Kier alpha value is -4.81. The molecular weight excluding hydrogens is 762 g/mol. The number of aliphatic hydroxyl groups is 1. The Labute approximate surface area is 323 Å². The lowest BCUT2D eigenvalue weighted by atomic mass is 9.74. The van der Waals surface area contributed by atoms with Crippen molar-refractivity contribution in [3.8, 4) is 11.1 Å². The summed E-state index contributed by atoms with van der Waals surface area (Å²) in [4.78, 5) is 55.6. The van der Waals surface area contributed by atoms with Gasteiger partial charge in [0.05, 0.1) is 6.54 Å². The molecule has 0 fully saturated rings. The minimum absolute atomic E-state index is 0.00533. The zero-order chi connectivity index (χ0) is 42.0. The monoisotopic (exact) mass is 811 g/mol. The molecule has 2 aromatic carbocycles. The Morgan fingerprint density at radius 3 is 2.18 bits per heavy atom. The van der Waals surface area contributed by atoms with Gasteiger partial charge in [-0.3, -0.25) is 9.59 Å². The van der Waals surface area contributed by atoms with Crippen molar-refractivity contribution >= 4 is 32.0 Å². The van der Waals surface area contributed by atoms with Crippen molar-refractivity contribution < 1.29 is 55.8 Å². The maximum absolute atomic E-state index is 15.0. The first-order valence-electron chi connectivity index (χ1n) is 17.9. The van der Waals surface area contributed by atoms with Crippen LogP contribution in [0.1, 0.15) is 44.4 Å². The molecule has 3 aromatic rings. The van der Waals surface area contributed by atoms with Crippen LogP contribution in [0.2, 0.25) is 25.7 Å². The number of hydrogen-bond donors (Lipinski definition) is 4. The van der Waals surface area contributed by atoms with Crippen LogP contribution >= 0.6 is 0 Å². The first kappa shape index (κ1) is 45.6. The fraction of sp³-hybridized carbons (Fsp3) is 0.474. The first-order chi connectivity index (χ1) is 26.0. The molecule has 0 aliphatic heterocycles. The van der Waals surface area contributed by atoms with E-state index in [2.05, 4.69) is 15.5 Å². The normalized spacial score (nSPS) is 13.7. The molecule has 5 N–H and O–H groups in total. The number of halogens is 5. The molecular formula is C38H50F5N5O7Si. The van der Waals surface area contributed by atoms with Crippen LogP contribution in [0, 0.1) is 17.0 Å². The predicted octanol–water partition coefficient (Wildman–Crippen LogP) is 5.72. The average molecular weight is 812 g/mol. The van der Waals surface area contributed by atoms with Crippen LogP contribution in [0.3, 0.4) is 0 Å². The van der Waals surface area contributed by atoms with Gasteiger partial charge in [0.15, 0.2) is 6.10 Å². The first-order valence-corrected chi connectivity index (χ1v) is 21.6. The van der Waals surface area contributed by atoms with E-state index in [9.17, 15) is 46.2 Å². The lowest BCUT2D eigenvalue weighted by Crippen LogP contribution is -2.47. The quantitative estimate of drug-likeness (QED) is 0.0811. The van der Waals surface area contributed by atoms with Gasteiger partial charge < -0.3 is 35.6 Å². The van der Waals surface area contributed by atoms with Crippen LogP contribution in [-0.4, -0.2) is 91.3 Å². The Balaban J connectivity index is 1.88. The lowest BCUT2D eigenvalue weighted by molar-refractivity contribution is -0.231. The van der Waals surface area contributed by atoms with Crippen molar-refractivity contribution in [1.29, 1.82) is 0 Å². The minimum atomic E-state index is -5.42. The number of carbonyl (C=O) groups excluding carboxylic acids is 4. The van der Waals surface area contributed by atoms with Crippen molar-refractivity contribution in [2.45, 2.75) is 83.7 Å². The molecule has 0 saturated heterocycles. The average Bonchev–Trinajstić information content (AvgIpc) is 3.50. The summed E-state index contributed by atoms with van der Waals surface area (Å²) in [6, 6.07) is 14.1. The van der Waals surface area contributed by atoms with E-state index in [0.29, 0.717) is 11.3 Å². The Morgan fingerprint density at radius 2 is 1.59 bits per heavy atom. The largest absolute Gasteiger partial charge is 0.493 e. The SMILES string of the molecule is CC(C)(C)[C@H](c1cc(-c2cc(F)ccc2F)cn1Cc1ccccc1)[C@H](O)C(=O)NCC[C@H](OC(=O)N(CC[Si](C)(C)C)OC(=O)C(F)(F)F)C(=O)NCCN. The number of amides is 3. The molecule has 0 spiro atoms. The van der Waals surface area contributed by atoms with E-state index in [-0.39, 0.29) is 42.8 Å². The second-order valence-corrected chi connectivity index (χ2v) is 21.1. The number of nitrogens with one attached hydrogen (secondary N) is 2. The summed E-state index contributed by atoms with van der Waals surface area (Å²) in [6.07, 6.45) is -9.21. The van der Waals surface area contributed by atoms with E-state index >= 15 is 0 Å². The summed E-state index contributed by atoms with van der Waals surface area (Å²) in [5.74, 6) is -6.72. The molecule has 0 aliphatic rings. The highest BCUT2D eigenvalue weighted by Gasteiger charge is 2.44. The van der Waals surface area contributed by atoms with Crippen molar-refractivity contribution in [2.75, 3.05) is 26.2 Å². The van der Waals surface area contributed by atoms with Crippen LogP contribution in [0.4, 0.5) is 26.7 Å². The van der Waals surface area contributed by atoms with Crippen LogP contribution in [0.5, 0.6) is 0 Å². The molecule has 0 bridgehead atoms. The van der Waals surface area contributed by atoms with Crippen molar-refractivity contribution in [3.63, 3.8) is 0 Å². The topological polar surface area (TPSA) is 165 Å². The summed E-state index contributed by atoms with van der Waals surface area (Å²) in [6.45, 7) is 10.3. The van der Waals surface area contributed by atoms with Gasteiger partial charge in [-0.1, -0.05) is 70.7 Å². The molecule has 308 valence electrons. The number of benzene rings is 2. The second kappa shape index (κ2) is 19.4. The molecule has 3 amide bonds. The van der Waals surface area contributed by atoms with Gasteiger partial charge in [-0.15, -0.1) is 5.06 Å². The fourth-order valence-electron chi connectivity index (χ4n) is 5.73. The van der Waals surface area contributed by atoms with Gasteiger partial charge >= 0.3 is 18.2 Å². The van der Waals surface area contributed by atoms with Gasteiger partial charge in [-0.25, -0.2) is 18.4 Å². The van der Waals surface area contributed by atoms with Gasteiger partial charge in [0.25, 0.3) is 5.91 Å². The maximum atomic E-state index is 15.0. The Kier molecular flexibility index (Phi) is 15.8. The maximum Gasteiger partial charge on any atom is 0.493 e. The summed E-state index contributed by atoms with van der Waals surface area (Å²) in [5.41, 5.74) is 6.23. The number of alkyl halides is 3. The number of hydrogen-bond acceptors (Lipinski definition) is 8. The Morgan fingerprint density at radius 1 is 0.946 bits per heavy atom. The van der Waals surface area contributed by atoms with E-state index < -0.39 is 86.3 Å². The molecule has 12 nitrogen and oxygen atoms in total. The molecule has 0 saturated carbocycles. The Bertz CT molecular complexity index is 1810. The van der Waals surface area contributed by atoms with E-state index in [4.69, 9.17) is 10.5 Å². The van der Waals surface area contributed by atoms with Gasteiger partial charge in [0.1, 0.15) is 17.7 Å². The third-order valence-corrected chi connectivity index (χ3v) is 10.3. The molecule has 0 aliphatic carbocycles. The fourth-order valence-corrected chi connectivity index (χ4v) is 6.60. The van der Waals surface area contributed by atoms with Crippen LogP contribution in [-0.2, 0) is 30.5 Å². The zero-order valence-corrected chi connectivity index (χ0v) is 33.2. The number of nitrogens with zero attached hydrogens (tertiary/aromatic N) is 2. The minimum Gasteiger partial charge on any atom is -0.434 e. The highest BCUT2D eigenvalue weighted by molar-refractivity contribution is 6.76. The van der Waals surface area contributed by atoms with E-state index in [1.165, 1.54) is 0 Å². The van der Waals surface area contributed by atoms with Crippen LogP contribution in [0.25, 0.3) is 11.1 Å². The van der Waals surface area contributed by atoms with Crippen molar-refractivity contribution in [2.24, 2.45) is 11.1 Å². The number of hydroxylamine groups is 2. The van der Waals surface area contributed by atoms with Gasteiger partial charge in [0, 0.05) is 69.6 Å². The number of aromatic nitrogens is 1. The molecule has 1 heterocycles. The zero-order valence-electron chi connectivity index (χ0n) is 32.2. The number of rotatable bonds is 16. The third-order valence-electron chi connectivity index (χ3n) is 8.58. The number of nitrogens with two attached hydrogens (primary N) is 1. The second-order valence-electron chi connectivity index (χ2n) is 15.5. The third kappa shape index (κ3) is 13.4. The summed E-state index contributed by atoms with van der Waals surface area (Å²) >= 11 is 0. The van der Waals surface area contributed by atoms with E-state index in [0.717, 1.165) is 23.8 Å². The number of carbonyl (C=O) groups is 4. The summed E-state index contributed by atoms with van der Waals surface area (Å²) < 4.78 is 75.3. The molecule has 18 heteroatoms. The summed E-state index contributed by atoms with van der Waals surface area (Å²) in [5, 5.41) is 16.7. The van der Waals surface area contributed by atoms with Crippen molar-refractivity contribution in [3.05, 3.63) is 83.7 Å².